The van der Waals surface area contributed by atoms with Crippen LogP contribution in [-0.4, -0.2) is 53.6 Å². The zero-order valence-corrected chi connectivity index (χ0v) is 10.7. The summed E-state index contributed by atoms with van der Waals surface area (Å²) in [7, 11) is 0. The third kappa shape index (κ3) is 3.28. The molecule has 0 aromatic rings. The summed E-state index contributed by atoms with van der Waals surface area (Å²) in [6, 6.07) is 0. The van der Waals surface area contributed by atoms with E-state index in [0.29, 0.717) is 6.54 Å². The third-order valence-corrected chi connectivity index (χ3v) is 3.25. The number of piperazine rings is 1. The minimum absolute atomic E-state index is 0.0265. The number of ketones is 1. The lowest BCUT2D eigenvalue weighted by atomic mass is 10.0. The van der Waals surface area contributed by atoms with Crippen molar-refractivity contribution in [3.8, 4) is 0 Å². The molecule has 5 nitrogen and oxygen atoms in total. The molecule has 1 aliphatic rings. The Morgan fingerprint density at radius 3 is 2.24 bits per heavy atom. The van der Waals surface area contributed by atoms with Crippen LogP contribution >= 0.6 is 0 Å². The van der Waals surface area contributed by atoms with E-state index < -0.39 is 0 Å². The van der Waals surface area contributed by atoms with Crippen LogP contribution in [0.15, 0.2) is 0 Å². The van der Waals surface area contributed by atoms with Crippen LogP contribution in [0.4, 0.5) is 0 Å². The van der Waals surface area contributed by atoms with Gasteiger partial charge < -0.3 is 9.80 Å². The summed E-state index contributed by atoms with van der Waals surface area (Å²) in [5.41, 5.74) is 0. The average molecular weight is 240 g/mol. The minimum atomic E-state index is -0.136. The van der Waals surface area contributed by atoms with Crippen molar-refractivity contribution in [1.82, 2.24) is 9.80 Å². The molecule has 5 heteroatoms. The first kappa shape index (κ1) is 13.7. The van der Waals surface area contributed by atoms with E-state index in [4.69, 9.17) is 0 Å². The van der Waals surface area contributed by atoms with Crippen LogP contribution in [0.2, 0.25) is 0 Å². The van der Waals surface area contributed by atoms with E-state index >= 15 is 0 Å². The number of likely N-dealkylation sites (N-methyl/N-ethyl adjacent to an activating group) is 1. The first-order valence-corrected chi connectivity index (χ1v) is 6.07. The SMILES string of the molecule is CCC(C)C(=O)CN1CC(=O)N(CC)CC1=O. The maximum atomic E-state index is 11.7. The number of Topliss-reactive ketones (excluding diaryl/α,β-unsaturated/α-hetero) is 1. The van der Waals surface area contributed by atoms with Gasteiger partial charge in [-0.05, 0) is 13.3 Å². The molecule has 1 unspecified atom stereocenters. The Morgan fingerprint density at radius 1 is 1.18 bits per heavy atom. The van der Waals surface area contributed by atoms with Gasteiger partial charge in [-0.2, -0.15) is 0 Å². The maximum Gasteiger partial charge on any atom is 0.243 e. The Hall–Kier alpha value is -1.39. The standard InChI is InChI=1S/C12H20N2O3/c1-4-9(3)10(15)6-14-8-11(16)13(5-2)7-12(14)17/h9H,4-8H2,1-3H3. The molecule has 0 aromatic heterocycles. The van der Waals surface area contributed by atoms with Crippen LogP contribution in [-0.2, 0) is 14.4 Å². The second-order valence-corrected chi connectivity index (χ2v) is 4.43. The summed E-state index contributed by atoms with van der Waals surface area (Å²) in [6.45, 7) is 6.36. The largest absolute Gasteiger partial charge is 0.332 e. The Balaban J connectivity index is 2.59. The molecule has 0 bridgehead atoms. The highest BCUT2D eigenvalue weighted by Crippen LogP contribution is 2.08. The molecule has 0 radical (unpaired) electrons. The first-order chi connectivity index (χ1) is 7.99. The molecule has 17 heavy (non-hydrogen) atoms. The molecule has 1 heterocycles. The Labute approximate surface area is 102 Å². The number of amides is 2. The lowest BCUT2D eigenvalue weighted by Crippen LogP contribution is -2.55. The molecule has 2 amide bonds. The molecule has 1 rings (SSSR count). The highest BCUT2D eigenvalue weighted by molar-refractivity contribution is 5.95. The molecule has 0 N–H and O–H groups in total. The second kappa shape index (κ2) is 5.80. The fourth-order valence-corrected chi connectivity index (χ4v) is 1.71. The summed E-state index contributed by atoms with van der Waals surface area (Å²) < 4.78 is 0. The molecule has 1 fully saturated rings. The predicted molar refractivity (Wildman–Crippen MR) is 63.3 cm³/mol. The monoisotopic (exact) mass is 240 g/mol. The highest BCUT2D eigenvalue weighted by Gasteiger charge is 2.30. The van der Waals surface area contributed by atoms with Crippen molar-refractivity contribution in [2.45, 2.75) is 27.2 Å². The zero-order chi connectivity index (χ0) is 13.0. The average Bonchev–Trinajstić information content (AvgIpc) is 2.32. The molecule has 1 atom stereocenters. The van der Waals surface area contributed by atoms with Gasteiger partial charge in [0.25, 0.3) is 0 Å². The van der Waals surface area contributed by atoms with Crippen molar-refractivity contribution >= 4 is 17.6 Å². The zero-order valence-electron chi connectivity index (χ0n) is 10.7. The van der Waals surface area contributed by atoms with Crippen molar-refractivity contribution in [3.05, 3.63) is 0 Å². The number of hydrogen-bond donors (Lipinski definition) is 0. The topological polar surface area (TPSA) is 57.7 Å². The van der Waals surface area contributed by atoms with Crippen LogP contribution in [0, 0.1) is 5.92 Å². The quantitative estimate of drug-likeness (QED) is 0.694. The Bertz CT molecular complexity index is 328. The molecular formula is C12H20N2O3. The van der Waals surface area contributed by atoms with Gasteiger partial charge in [-0.1, -0.05) is 13.8 Å². The van der Waals surface area contributed by atoms with E-state index in [1.165, 1.54) is 9.80 Å². The Kier molecular flexibility index (Phi) is 4.66. The van der Waals surface area contributed by atoms with Crippen molar-refractivity contribution in [2.75, 3.05) is 26.2 Å². The lowest BCUT2D eigenvalue weighted by Gasteiger charge is -2.33. The molecule has 0 spiro atoms. The van der Waals surface area contributed by atoms with Crippen LogP contribution in [0.1, 0.15) is 27.2 Å². The number of carbonyl (C=O) groups is 3. The smallest absolute Gasteiger partial charge is 0.243 e. The molecular weight excluding hydrogens is 220 g/mol. The molecule has 96 valence electrons. The summed E-state index contributed by atoms with van der Waals surface area (Å²) in [6.07, 6.45) is 0.760. The van der Waals surface area contributed by atoms with E-state index in [-0.39, 0.29) is 43.1 Å². The molecule has 1 saturated heterocycles. The minimum Gasteiger partial charge on any atom is -0.332 e. The van der Waals surface area contributed by atoms with Crippen LogP contribution in [0.5, 0.6) is 0 Å². The van der Waals surface area contributed by atoms with Gasteiger partial charge in [0.15, 0.2) is 5.78 Å². The maximum absolute atomic E-state index is 11.7. The molecule has 0 aromatic carbocycles. The van der Waals surface area contributed by atoms with Crippen molar-refractivity contribution in [2.24, 2.45) is 5.92 Å². The number of carbonyl (C=O) groups excluding carboxylic acids is 3. The first-order valence-electron chi connectivity index (χ1n) is 6.07. The van der Waals surface area contributed by atoms with Gasteiger partial charge in [0.05, 0.1) is 13.1 Å². The Morgan fingerprint density at radius 2 is 1.71 bits per heavy atom. The van der Waals surface area contributed by atoms with Crippen LogP contribution < -0.4 is 0 Å². The van der Waals surface area contributed by atoms with Gasteiger partial charge in [-0.3, -0.25) is 14.4 Å². The molecule has 0 saturated carbocycles. The number of hydrogen-bond acceptors (Lipinski definition) is 3. The fraction of sp³-hybridized carbons (Fsp3) is 0.750. The summed E-state index contributed by atoms with van der Waals surface area (Å²) in [5, 5.41) is 0. The van der Waals surface area contributed by atoms with E-state index in [9.17, 15) is 14.4 Å². The summed E-state index contributed by atoms with van der Waals surface area (Å²) >= 11 is 0. The van der Waals surface area contributed by atoms with Crippen LogP contribution in [0.3, 0.4) is 0 Å². The normalized spacial score (nSPS) is 18.5. The van der Waals surface area contributed by atoms with Gasteiger partial charge in [-0.25, -0.2) is 0 Å². The fourth-order valence-electron chi connectivity index (χ4n) is 1.71. The van der Waals surface area contributed by atoms with Crippen LogP contribution in [0.25, 0.3) is 0 Å². The van der Waals surface area contributed by atoms with E-state index in [1.807, 2.05) is 20.8 Å². The second-order valence-electron chi connectivity index (χ2n) is 4.43. The predicted octanol–water partition coefficient (Wildman–Crippen LogP) is 0.292. The van der Waals surface area contributed by atoms with Crippen molar-refractivity contribution in [1.29, 1.82) is 0 Å². The lowest BCUT2D eigenvalue weighted by molar-refractivity contribution is -0.151. The van der Waals surface area contributed by atoms with Gasteiger partial charge in [0.1, 0.15) is 6.54 Å². The van der Waals surface area contributed by atoms with E-state index in [2.05, 4.69) is 0 Å². The number of rotatable bonds is 5. The van der Waals surface area contributed by atoms with Gasteiger partial charge in [0.2, 0.25) is 11.8 Å². The summed E-state index contributed by atoms with van der Waals surface area (Å²) in [5.74, 6) is -0.243. The molecule has 0 aliphatic carbocycles. The highest BCUT2D eigenvalue weighted by atomic mass is 16.2. The van der Waals surface area contributed by atoms with Gasteiger partial charge in [0, 0.05) is 12.5 Å². The van der Waals surface area contributed by atoms with Gasteiger partial charge >= 0.3 is 0 Å². The van der Waals surface area contributed by atoms with E-state index in [1.54, 1.807) is 0 Å². The third-order valence-electron chi connectivity index (χ3n) is 3.25. The van der Waals surface area contributed by atoms with E-state index in [0.717, 1.165) is 6.42 Å². The van der Waals surface area contributed by atoms with Crippen molar-refractivity contribution in [3.63, 3.8) is 0 Å². The summed E-state index contributed by atoms with van der Waals surface area (Å²) in [4.78, 5) is 38.0. The van der Waals surface area contributed by atoms with Gasteiger partial charge in [-0.15, -0.1) is 0 Å². The molecule has 1 aliphatic heterocycles. The number of nitrogens with zero attached hydrogens (tertiary/aromatic N) is 2. The van der Waals surface area contributed by atoms with Crippen molar-refractivity contribution < 1.29 is 14.4 Å².